The Hall–Kier alpha value is -0.240. The summed E-state index contributed by atoms with van der Waals surface area (Å²) in [6.45, 7) is 4.02. The van der Waals surface area contributed by atoms with Crippen molar-refractivity contribution in [2.75, 3.05) is 0 Å². The van der Waals surface area contributed by atoms with Crippen molar-refractivity contribution in [3.05, 3.63) is 33.8 Å². The van der Waals surface area contributed by atoms with Crippen molar-refractivity contribution in [1.29, 1.82) is 0 Å². The van der Waals surface area contributed by atoms with E-state index < -0.39 is 0 Å². The smallest absolute Gasteiger partial charge is 0.0456 e. The minimum Gasteiger partial charge on any atom is -0.327 e. The predicted octanol–water partition coefficient (Wildman–Crippen LogP) is 3.44. The van der Waals surface area contributed by atoms with Crippen LogP contribution in [-0.2, 0) is 0 Å². The molecular weight excluding hydrogens is 205 g/mol. The van der Waals surface area contributed by atoms with E-state index in [0.29, 0.717) is 10.0 Å². The molecule has 0 spiro atoms. The van der Waals surface area contributed by atoms with E-state index in [1.165, 1.54) is 0 Å². The molecule has 1 aromatic carbocycles. The lowest BCUT2D eigenvalue weighted by Crippen LogP contribution is -2.22. The molecule has 13 heavy (non-hydrogen) atoms. The molecule has 72 valence electrons. The normalized spacial score (nSPS) is 15.5. The van der Waals surface area contributed by atoms with Crippen LogP contribution in [0.15, 0.2) is 18.2 Å². The van der Waals surface area contributed by atoms with Gasteiger partial charge in [0, 0.05) is 16.1 Å². The topological polar surface area (TPSA) is 26.0 Å². The summed E-state index contributed by atoms with van der Waals surface area (Å²) in [5, 5.41) is 1.35. The van der Waals surface area contributed by atoms with Gasteiger partial charge >= 0.3 is 0 Å². The Balaban J connectivity index is 3.01. The SMILES string of the molecule is CC(N)C(C)c1ccc(Cl)cc1Cl. The molecule has 0 aliphatic heterocycles. The molecule has 0 saturated carbocycles. The van der Waals surface area contributed by atoms with E-state index in [4.69, 9.17) is 28.9 Å². The van der Waals surface area contributed by atoms with Gasteiger partial charge in [-0.15, -0.1) is 0 Å². The molecule has 0 aliphatic carbocycles. The van der Waals surface area contributed by atoms with Crippen molar-refractivity contribution in [2.45, 2.75) is 25.8 Å². The lowest BCUT2D eigenvalue weighted by Gasteiger charge is -2.17. The highest BCUT2D eigenvalue weighted by Gasteiger charge is 2.13. The minimum absolute atomic E-state index is 0.0960. The fraction of sp³-hybridized carbons (Fsp3) is 0.400. The predicted molar refractivity (Wildman–Crippen MR) is 58.5 cm³/mol. The monoisotopic (exact) mass is 217 g/mol. The third kappa shape index (κ3) is 2.60. The molecule has 0 saturated heterocycles. The molecule has 2 N–H and O–H groups in total. The molecule has 3 heteroatoms. The van der Waals surface area contributed by atoms with E-state index in [-0.39, 0.29) is 12.0 Å². The first kappa shape index (κ1) is 10.8. The summed E-state index contributed by atoms with van der Waals surface area (Å²) in [4.78, 5) is 0. The summed E-state index contributed by atoms with van der Waals surface area (Å²) in [6, 6.07) is 5.61. The van der Waals surface area contributed by atoms with Crippen molar-refractivity contribution in [2.24, 2.45) is 5.73 Å². The van der Waals surface area contributed by atoms with Crippen LogP contribution in [0.4, 0.5) is 0 Å². The first-order chi connectivity index (χ1) is 6.02. The summed E-state index contributed by atoms with van der Waals surface area (Å²) in [7, 11) is 0. The van der Waals surface area contributed by atoms with Gasteiger partial charge in [-0.2, -0.15) is 0 Å². The van der Waals surface area contributed by atoms with Crippen molar-refractivity contribution in [3.63, 3.8) is 0 Å². The Morgan fingerprint density at radius 2 is 1.85 bits per heavy atom. The standard InChI is InChI=1S/C10H13Cl2N/c1-6(7(2)13)9-4-3-8(11)5-10(9)12/h3-7H,13H2,1-2H3. The minimum atomic E-state index is 0.0960. The highest BCUT2D eigenvalue weighted by Crippen LogP contribution is 2.28. The molecule has 0 aromatic heterocycles. The molecule has 0 radical (unpaired) electrons. The van der Waals surface area contributed by atoms with E-state index in [1.54, 1.807) is 6.07 Å². The van der Waals surface area contributed by atoms with E-state index >= 15 is 0 Å². The van der Waals surface area contributed by atoms with Crippen LogP contribution in [0.5, 0.6) is 0 Å². The lowest BCUT2D eigenvalue weighted by atomic mass is 9.95. The van der Waals surface area contributed by atoms with Crippen LogP contribution >= 0.6 is 23.2 Å². The van der Waals surface area contributed by atoms with Crippen LogP contribution in [0.2, 0.25) is 10.0 Å². The number of hydrogen-bond acceptors (Lipinski definition) is 1. The molecule has 0 heterocycles. The number of nitrogens with two attached hydrogens (primary N) is 1. The third-order valence-electron chi connectivity index (χ3n) is 2.24. The highest BCUT2D eigenvalue weighted by molar-refractivity contribution is 6.35. The van der Waals surface area contributed by atoms with Gasteiger partial charge in [0.1, 0.15) is 0 Å². The van der Waals surface area contributed by atoms with Gasteiger partial charge in [0.2, 0.25) is 0 Å². The molecule has 0 fully saturated rings. The molecule has 1 aromatic rings. The summed E-state index contributed by atoms with van der Waals surface area (Å²) in [6.07, 6.45) is 0. The third-order valence-corrected chi connectivity index (χ3v) is 2.80. The Morgan fingerprint density at radius 1 is 1.23 bits per heavy atom. The van der Waals surface area contributed by atoms with Gasteiger partial charge in [-0.1, -0.05) is 36.2 Å². The number of benzene rings is 1. The van der Waals surface area contributed by atoms with Crippen LogP contribution in [0, 0.1) is 0 Å². The second-order valence-corrected chi connectivity index (χ2v) is 4.16. The number of rotatable bonds is 2. The van der Waals surface area contributed by atoms with Gasteiger partial charge in [-0.05, 0) is 30.5 Å². The Bertz CT molecular complexity index is 297. The van der Waals surface area contributed by atoms with Crippen LogP contribution < -0.4 is 5.73 Å². The zero-order valence-electron chi connectivity index (χ0n) is 7.72. The zero-order valence-corrected chi connectivity index (χ0v) is 9.23. The van der Waals surface area contributed by atoms with Gasteiger partial charge < -0.3 is 5.73 Å². The van der Waals surface area contributed by atoms with E-state index in [9.17, 15) is 0 Å². The average molecular weight is 218 g/mol. The fourth-order valence-corrected chi connectivity index (χ4v) is 1.73. The first-order valence-corrected chi connectivity index (χ1v) is 4.98. The lowest BCUT2D eigenvalue weighted by molar-refractivity contribution is 0.613. The van der Waals surface area contributed by atoms with Crippen molar-refractivity contribution < 1.29 is 0 Å². The summed E-state index contributed by atoms with van der Waals surface area (Å²) in [5.74, 6) is 0.254. The van der Waals surface area contributed by atoms with Gasteiger partial charge in [0.15, 0.2) is 0 Å². The fourth-order valence-electron chi connectivity index (χ4n) is 1.15. The summed E-state index contributed by atoms with van der Waals surface area (Å²) >= 11 is 11.8. The van der Waals surface area contributed by atoms with Crippen molar-refractivity contribution >= 4 is 23.2 Å². The van der Waals surface area contributed by atoms with Gasteiger partial charge in [0.25, 0.3) is 0 Å². The maximum Gasteiger partial charge on any atom is 0.0456 e. The highest BCUT2D eigenvalue weighted by atomic mass is 35.5. The Labute approximate surface area is 88.8 Å². The van der Waals surface area contributed by atoms with Crippen LogP contribution in [0.25, 0.3) is 0 Å². The van der Waals surface area contributed by atoms with E-state index in [2.05, 4.69) is 6.92 Å². The summed E-state index contributed by atoms with van der Waals surface area (Å²) in [5.41, 5.74) is 6.84. The molecule has 0 amide bonds. The van der Waals surface area contributed by atoms with Crippen molar-refractivity contribution in [1.82, 2.24) is 0 Å². The maximum absolute atomic E-state index is 6.03. The number of hydrogen-bond donors (Lipinski definition) is 1. The molecule has 0 aliphatic rings. The van der Waals surface area contributed by atoms with Gasteiger partial charge in [-0.25, -0.2) is 0 Å². The molecule has 1 rings (SSSR count). The largest absolute Gasteiger partial charge is 0.327 e. The number of halogens is 2. The molecule has 1 nitrogen and oxygen atoms in total. The second-order valence-electron chi connectivity index (χ2n) is 3.31. The first-order valence-electron chi connectivity index (χ1n) is 4.23. The van der Waals surface area contributed by atoms with Crippen LogP contribution in [-0.4, -0.2) is 6.04 Å². The Kier molecular flexibility index (Phi) is 3.60. The van der Waals surface area contributed by atoms with Gasteiger partial charge in [-0.3, -0.25) is 0 Å². The molecule has 2 atom stereocenters. The molecule has 0 bridgehead atoms. The molecule has 2 unspecified atom stereocenters. The average Bonchev–Trinajstić information content (AvgIpc) is 2.03. The summed E-state index contributed by atoms with van der Waals surface area (Å²) < 4.78 is 0. The van der Waals surface area contributed by atoms with Gasteiger partial charge in [0.05, 0.1) is 0 Å². The zero-order chi connectivity index (χ0) is 10.0. The van der Waals surface area contributed by atoms with Crippen LogP contribution in [0.3, 0.4) is 0 Å². The van der Waals surface area contributed by atoms with Crippen molar-refractivity contribution in [3.8, 4) is 0 Å². The maximum atomic E-state index is 6.03. The second kappa shape index (κ2) is 4.32. The van der Waals surface area contributed by atoms with E-state index in [1.807, 2.05) is 19.1 Å². The Morgan fingerprint density at radius 3 is 2.31 bits per heavy atom. The quantitative estimate of drug-likeness (QED) is 0.808. The van der Waals surface area contributed by atoms with E-state index in [0.717, 1.165) is 5.56 Å². The van der Waals surface area contributed by atoms with Crippen LogP contribution in [0.1, 0.15) is 25.3 Å². The molecular formula is C10H13Cl2N.